The van der Waals surface area contributed by atoms with Crippen molar-refractivity contribution in [3.63, 3.8) is 0 Å². The molecule has 3 aromatic heterocycles. The number of amides is 1. The Morgan fingerprint density at radius 1 is 1.46 bits per heavy atom. The molecule has 1 amide bonds. The molecule has 6 heteroatoms. The maximum atomic E-state index is 13.0. The van der Waals surface area contributed by atoms with Crippen LogP contribution in [-0.4, -0.2) is 33.1 Å². The Morgan fingerprint density at radius 2 is 2.36 bits per heavy atom. The molecule has 2 aliphatic carbocycles. The molecular formula is C22H17N3O2S. The van der Waals surface area contributed by atoms with Crippen LogP contribution in [0.25, 0.3) is 17.1 Å². The van der Waals surface area contributed by atoms with E-state index in [2.05, 4.69) is 22.3 Å². The SMILES string of the molecule is Cc1csc2c1C13CC1CN(C(=O)C=Cc1c[nH]c4ncccc14)C3=CC2=O. The van der Waals surface area contributed by atoms with Crippen LogP contribution >= 0.6 is 11.3 Å². The highest BCUT2D eigenvalue weighted by atomic mass is 32.1. The van der Waals surface area contributed by atoms with Gasteiger partial charge in [0.05, 0.1) is 4.88 Å². The summed E-state index contributed by atoms with van der Waals surface area (Å²) in [6.07, 6.45) is 9.77. The number of likely N-dealkylation sites (tertiary alicyclic amines) is 1. The fourth-order valence-electron chi connectivity index (χ4n) is 5.01. The number of allylic oxidation sites excluding steroid dienone is 2. The molecule has 4 heterocycles. The number of nitrogens with zero attached hydrogens (tertiary/aromatic N) is 2. The van der Waals surface area contributed by atoms with Crippen LogP contribution in [0.5, 0.6) is 0 Å². The number of aryl methyl sites for hydroxylation is 1. The van der Waals surface area contributed by atoms with E-state index in [1.807, 2.05) is 24.4 Å². The van der Waals surface area contributed by atoms with E-state index in [-0.39, 0.29) is 17.1 Å². The highest BCUT2D eigenvalue weighted by Gasteiger charge is 2.67. The Morgan fingerprint density at radius 3 is 3.25 bits per heavy atom. The van der Waals surface area contributed by atoms with Gasteiger partial charge in [-0.15, -0.1) is 11.3 Å². The molecule has 1 saturated carbocycles. The quantitative estimate of drug-likeness (QED) is 0.680. The first kappa shape index (κ1) is 16.0. The third-order valence-corrected chi connectivity index (χ3v) is 7.44. The number of hydrogen-bond acceptors (Lipinski definition) is 4. The largest absolute Gasteiger partial charge is 0.346 e. The van der Waals surface area contributed by atoms with E-state index in [9.17, 15) is 9.59 Å². The average molecular weight is 387 g/mol. The topological polar surface area (TPSA) is 66.1 Å². The summed E-state index contributed by atoms with van der Waals surface area (Å²) in [6.45, 7) is 2.76. The zero-order valence-corrected chi connectivity index (χ0v) is 16.0. The number of piperidine rings is 1. The lowest BCUT2D eigenvalue weighted by Gasteiger charge is -2.27. The van der Waals surface area contributed by atoms with Gasteiger partial charge in [-0.05, 0) is 54.0 Å². The first-order valence-electron chi connectivity index (χ1n) is 9.36. The van der Waals surface area contributed by atoms with Crippen LogP contribution in [0.1, 0.15) is 32.8 Å². The summed E-state index contributed by atoms with van der Waals surface area (Å²) in [4.78, 5) is 35.7. The van der Waals surface area contributed by atoms with Crippen molar-refractivity contribution in [3.05, 3.63) is 69.3 Å². The Balaban J connectivity index is 1.34. The number of ketones is 1. The molecule has 3 aromatic rings. The molecule has 6 rings (SSSR count). The summed E-state index contributed by atoms with van der Waals surface area (Å²) in [5, 5.41) is 3.05. The molecule has 1 saturated heterocycles. The molecule has 28 heavy (non-hydrogen) atoms. The molecule has 5 nitrogen and oxygen atoms in total. The van der Waals surface area contributed by atoms with Crippen molar-refractivity contribution in [2.45, 2.75) is 18.8 Å². The van der Waals surface area contributed by atoms with Gasteiger partial charge in [0.25, 0.3) is 5.91 Å². The smallest absolute Gasteiger partial charge is 0.250 e. The number of pyridine rings is 1. The predicted octanol–water partition coefficient (Wildman–Crippen LogP) is 3.83. The van der Waals surface area contributed by atoms with Gasteiger partial charge in [0.1, 0.15) is 5.65 Å². The van der Waals surface area contributed by atoms with Crippen molar-refractivity contribution in [1.29, 1.82) is 0 Å². The lowest BCUT2D eigenvalue weighted by Crippen LogP contribution is -2.32. The van der Waals surface area contributed by atoms with Gasteiger partial charge < -0.3 is 9.88 Å². The first-order valence-corrected chi connectivity index (χ1v) is 10.2. The molecule has 0 aromatic carbocycles. The lowest BCUT2D eigenvalue weighted by molar-refractivity contribution is -0.123. The molecule has 2 unspecified atom stereocenters. The molecule has 1 spiro atoms. The molecule has 0 radical (unpaired) electrons. The molecule has 0 bridgehead atoms. The Bertz CT molecular complexity index is 1250. The standard InChI is InChI=1S/C22H17N3O2S/c1-12-11-28-20-16(26)7-17-22(19(12)20)8-14(22)10-25(17)18(27)5-4-13-9-24-21-15(13)3-2-6-23-21/h2-7,9,11,14H,8,10H2,1H3,(H,23,24). The number of fused-ring (bicyclic) bond motifs is 2. The molecule has 2 fully saturated rings. The Labute approximate surface area is 165 Å². The van der Waals surface area contributed by atoms with Crippen LogP contribution in [0.4, 0.5) is 0 Å². The zero-order chi connectivity index (χ0) is 19.0. The average Bonchev–Trinajstić information content (AvgIpc) is 3.01. The van der Waals surface area contributed by atoms with E-state index in [1.54, 1.807) is 23.2 Å². The van der Waals surface area contributed by atoms with E-state index >= 15 is 0 Å². The molecule has 1 N–H and O–H groups in total. The van der Waals surface area contributed by atoms with Gasteiger partial charge in [0, 0.05) is 53.2 Å². The van der Waals surface area contributed by atoms with Gasteiger partial charge in [-0.25, -0.2) is 4.98 Å². The minimum atomic E-state index is -0.110. The summed E-state index contributed by atoms with van der Waals surface area (Å²) in [6, 6.07) is 3.86. The molecule has 2 atom stereocenters. The van der Waals surface area contributed by atoms with Crippen molar-refractivity contribution < 1.29 is 9.59 Å². The third-order valence-electron chi connectivity index (χ3n) is 6.32. The molecule has 3 aliphatic rings. The number of thiophene rings is 1. The highest BCUT2D eigenvalue weighted by Crippen LogP contribution is 2.67. The maximum absolute atomic E-state index is 13.0. The minimum absolute atomic E-state index is 0.0331. The van der Waals surface area contributed by atoms with Crippen molar-refractivity contribution in [3.8, 4) is 0 Å². The van der Waals surface area contributed by atoms with Gasteiger partial charge in [0.2, 0.25) is 0 Å². The fourth-order valence-corrected chi connectivity index (χ4v) is 6.06. The van der Waals surface area contributed by atoms with Crippen LogP contribution in [0, 0.1) is 12.8 Å². The van der Waals surface area contributed by atoms with Gasteiger partial charge in [-0.1, -0.05) is 0 Å². The van der Waals surface area contributed by atoms with Crippen molar-refractivity contribution in [1.82, 2.24) is 14.9 Å². The number of nitrogens with one attached hydrogen (secondary N) is 1. The normalized spacial score (nSPS) is 25.0. The minimum Gasteiger partial charge on any atom is -0.346 e. The summed E-state index contributed by atoms with van der Waals surface area (Å²) < 4.78 is 0. The van der Waals surface area contributed by atoms with Crippen LogP contribution in [0.3, 0.4) is 0 Å². The van der Waals surface area contributed by atoms with E-state index in [1.165, 1.54) is 22.5 Å². The number of hydrogen-bond donors (Lipinski definition) is 1. The summed E-state index contributed by atoms with van der Waals surface area (Å²) in [5.74, 6) is 0.388. The zero-order valence-electron chi connectivity index (χ0n) is 15.2. The van der Waals surface area contributed by atoms with Crippen LogP contribution < -0.4 is 0 Å². The fraction of sp³-hybridized carbons (Fsp3) is 0.227. The number of aromatic nitrogens is 2. The predicted molar refractivity (Wildman–Crippen MR) is 108 cm³/mol. The van der Waals surface area contributed by atoms with E-state index in [0.717, 1.165) is 33.6 Å². The van der Waals surface area contributed by atoms with Crippen LogP contribution in [-0.2, 0) is 10.2 Å². The van der Waals surface area contributed by atoms with Gasteiger partial charge >= 0.3 is 0 Å². The van der Waals surface area contributed by atoms with Crippen LogP contribution in [0.2, 0.25) is 0 Å². The summed E-state index contributed by atoms with van der Waals surface area (Å²) >= 11 is 1.53. The van der Waals surface area contributed by atoms with Crippen molar-refractivity contribution >= 4 is 40.1 Å². The Kier molecular flexibility index (Phi) is 3.03. The number of rotatable bonds is 2. The molecule has 1 aliphatic heterocycles. The van der Waals surface area contributed by atoms with Crippen molar-refractivity contribution in [2.75, 3.05) is 6.54 Å². The summed E-state index contributed by atoms with van der Waals surface area (Å²) in [7, 11) is 0. The second-order valence-electron chi connectivity index (χ2n) is 7.81. The highest BCUT2D eigenvalue weighted by molar-refractivity contribution is 7.12. The number of carbonyl (C=O) groups excluding carboxylic acids is 2. The van der Waals surface area contributed by atoms with Gasteiger partial charge in [-0.3, -0.25) is 9.59 Å². The van der Waals surface area contributed by atoms with E-state index in [0.29, 0.717) is 12.5 Å². The first-order chi connectivity index (χ1) is 13.6. The Hall–Kier alpha value is -2.99. The third kappa shape index (κ3) is 1.93. The maximum Gasteiger partial charge on any atom is 0.250 e. The summed E-state index contributed by atoms with van der Waals surface area (Å²) in [5.41, 5.74) is 4.87. The van der Waals surface area contributed by atoms with Crippen LogP contribution in [0.15, 0.2) is 47.8 Å². The number of carbonyl (C=O) groups is 2. The van der Waals surface area contributed by atoms with Crippen molar-refractivity contribution in [2.24, 2.45) is 5.92 Å². The molecular weight excluding hydrogens is 370 g/mol. The second-order valence-corrected chi connectivity index (χ2v) is 8.69. The molecule has 138 valence electrons. The number of H-pyrrole nitrogens is 1. The monoisotopic (exact) mass is 387 g/mol. The number of aromatic amines is 1. The van der Waals surface area contributed by atoms with Gasteiger partial charge in [0.15, 0.2) is 5.78 Å². The van der Waals surface area contributed by atoms with Gasteiger partial charge in [-0.2, -0.15) is 0 Å². The lowest BCUT2D eigenvalue weighted by atomic mass is 9.84. The second kappa shape index (κ2) is 5.29. The van der Waals surface area contributed by atoms with E-state index in [4.69, 9.17) is 0 Å². The van der Waals surface area contributed by atoms with E-state index < -0.39 is 0 Å².